The Labute approximate surface area is 349 Å². The maximum atomic E-state index is 13.5. The van der Waals surface area contributed by atoms with Crippen LogP contribution in [0.2, 0.25) is 0 Å². The van der Waals surface area contributed by atoms with Crippen LogP contribution in [0.1, 0.15) is 140 Å². The molecule has 10 nitrogen and oxygen atoms in total. The van der Waals surface area contributed by atoms with Crippen LogP contribution in [0.4, 0.5) is 0 Å². The van der Waals surface area contributed by atoms with E-state index in [-0.39, 0.29) is 73.6 Å². The van der Waals surface area contributed by atoms with Crippen molar-refractivity contribution in [2.24, 2.45) is 29.6 Å². The molecule has 2 aliphatic rings. The molecule has 2 heterocycles. The fourth-order valence-corrected chi connectivity index (χ4v) is 7.54. The lowest BCUT2D eigenvalue weighted by molar-refractivity contribution is -0.277. The number of hydrogen-bond acceptors (Lipinski definition) is 10. The molecule has 0 aromatic heterocycles. The fourth-order valence-electron chi connectivity index (χ4n) is 7.54. The highest BCUT2D eigenvalue weighted by Crippen LogP contribution is 2.37. The second-order valence-electron chi connectivity index (χ2n) is 17.7. The van der Waals surface area contributed by atoms with Crippen molar-refractivity contribution in [3.63, 3.8) is 0 Å². The minimum atomic E-state index is -1.40. The molecular formula is C48H78O10. The van der Waals surface area contributed by atoms with Crippen LogP contribution in [0.15, 0.2) is 70.9 Å². The van der Waals surface area contributed by atoms with E-state index in [1.165, 1.54) is 0 Å². The molecule has 6 N–H and O–H groups in total. The predicted octanol–water partition coefficient (Wildman–Crippen LogP) is 7.76. The van der Waals surface area contributed by atoms with Gasteiger partial charge in [-0.2, -0.15) is 0 Å². The van der Waals surface area contributed by atoms with Gasteiger partial charge in [-0.25, -0.2) is 4.79 Å². The number of Topliss-reactive ketones (excluding diaryl/α,β-unsaturated/α-hetero) is 1. The lowest BCUT2D eigenvalue weighted by Crippen LogP contribution is -2.47. The van der Waals surface area contributed by atoms with Gasteiger partial charge < -0.3 is 40.1 Å². The normalized spacial score (nSPS) is 33.1. The predicted molar refractivity (Wildman–Crippen MR) is 230 cm³/mol. The summed E-state index contributed by atoms with van der Waals surface area (Å²) in [6.45, 7) is 18.6. The summed E-state index contributed by atoms with van der Waals surface area (Å²) in [6, 6.07) is 0. The Kier molecular flexibility index (Phi) is 22.3. The lowest BCUT2D eigenvalue weighted by atomic mass is 9.85. The zero-order valence-electron chi connectivity index (χ0n) is 37.1. The first kappa shape index (κ1) is 51.4. The van der Waals surface area contributed by atoms with E-state index in [2.05, 4.69) is 0 Å². The second-order valence-corrected chi connectivity index (χ2v) is 17.7. The Bertz CT molecular complexity index is 1470. The van der Waals surface area contributed by atoms with E-state index in [4.69, 9.17) is 9.47 Å². The largest absolute Gasteiger partial charge is 0.459 e. The smallest absolute Gasteiger partial charge is 0.333 e. The van der Waals surface area contributed by atoms with Gasteiger partial charge in [0.25, 0.3) is 0 Å². The molecule has 1 fully saturated rings. The highest BCUT2D eigenvalue weighted by molar-refractivity contribution is 5.87. The molecule has 13 unspecified atom stereocenters. The highest BCUT2D eigenvalue weighted by Gasteiger charge is 2.41. The van der Waals surface area contributed by atoms with Crippen LogP contribution in [0.3, 0.4) is 0 Å². The molecular weight excluding hydrogens is 737 g/mol. The number of carbonyl (C=O) groups is 2. The number of rotatable bonds is 10. The summed E-state index contributed by atoms with van der Waals surface area (Å²) in [4.78, 5) is 26.7. The molecule has 2 rings (SSSR count). The summed E-state index contributed by atoms with van der Waals surface area (Å²) in [6.07, 6.45) is 14.3. The van der Waals surface area contributed by atoms with Gasteiger partial charge >= 0.3 is 5.97 Å². The van der Waals surface area contributed by atoms with Crippen molar-refractivity contribution < 1.29 is 49.7 Å². The molecule has 330 valence electrons. The minimum Gasteiger partial charge on any atom is -0.459 e. The van der Waals surface area contributed by atoms with Crippen molar-refractivity contribution >= 4 is 11.8 Å². The molecule has 0 aromatic carbocycles. The van der Waals surface area contributed by atoms with Crippen molar-refractivity contribution in [1.82, 2.24) is 0 Å². The number of ether oxygens (including phenoxy) is 2. The van der Waals surface area contributed by atoms with E-state index in [9.17, 15) is 40.2 Å². The number of aliphatic hydroxyl groups is 6. The summed E-state index contributed by atoms with van der Waals surface area (Å²) >= 11 is 0. The van der Waals surface area contributed by atoms with E-state index in [1.807, 2.05) is 97.9 Å². The number of carbonyl (C=O) groups excluding carboxylic acids is 2. The van der Waals surface area contributed by atoms with Crippen LogP contribution >= 0.6 is 0 Å². The van der Waals surface area contributed by atoms with Crippen molar-refractivity contribution in [1.29, 1.82) is 0 Å². The van der Waals surface area contributed by atoms with Gasteiger partial charge in [-0.1, -0.05) is 101 Å². The Morgan fingerprint density at radius 3 is 2.34 bits per heavy atom. The van der Waals surface area contributed by atoms with E-state index in [0.29, 0.717) is 43.3 Å². The van der Waals surface area contributed by atoms with E-state index >= 15 is 0 Å². The molecule has 0 spiro atoms. The summed E-state index contributed by atoms with van der Waals surface area (Å²) in [7, 11) is 0. The average Bonchev–Trinajstić information content (AvgIpc) is 3.17. The van der Waals surface area contributed by atoms with Gasteiger partial charge in [0.15, 0.2) is 5.79 Å². The minimum absolute atomic E-state index is 0.0804. The molecule has 58 heavy (non-hydrogen) atoms. The summed E-state index contributed by atoms with van der Waals surface area (Å²) < 4.78 is 12.3. The average molecular weight is 815 g/mol. The van der Waals surface area contributed by atoms with Crippen molar-refractivity contribution in [2.75, 3.05) is 0 Å². The summed E-state index contributed by atoms with van der Waals surface area (Å²) in [5.41, 5.74) is 2.85. The maximum absolute atomic E-state index is 13.5. The molecule has 0 radical (unpaired) electrons. The number of fused-ring (bicyclic) bond motifs is 2. The van der Waals surface area contributed by atoms with Gasteiger partial charge in [-0.3, -0.25) is 4.79 Å². The Morgan fingerprint density at radius 1 is 0.983 bits per heavy atom. The second kappa shape index (κ2) is 25.2. The van der Waals surface area contributed by atoms with Gasteiger partial charge in [0.2, 0.25) is 0 Å². The van der Waals surface area contributed by atoms with Crippen molar-refractivity contribution in [3.8, 4) is 0 Å². The van der Waals surface area contributed by atoms with Crippen LogP contribution in [-0.2, 0) is 19.1 Å². The van der Waals surface area contributed by atoms with Crippen molar-refractivity contribution in [2.45, 2.75) is 188 Å². The first-order valence-electron chi connectivity index (χ1n) is 21.7. The number of hydrogen-bond donors (Lipinski definition) is 6. The zero-order chi connectivity index (χ0) is 43.7. The van der Waals surface area contributed by atoms with E-state index < -0.39 is 48.4 Å². The molecule has 0 amide bonds. The van der Waals surface area contributed by atoms with E-state index in [1.54, 1.807) is 19.9 Å². The van der Waals surface area contributed by atoms with Gasteiger partial charge in [-0.05, 0) is 90.6 Å². The van der Waals surface area contributed by atoms with Crippen LogP contribution < -0.4 is 0 Å². The van der Waals surface area contributed by atoms with Crippen LogP contribution in [0, 0.1) is 29.6 Å². The van der Waals surface area contributed by atoms with E-state index in [0.717, 1.165) is 17.6 Å². The fraction of sp³-hybridized carbons (Fsp3) is 0.708. The molecule has 2 aliphatic heterocycles. The molecule has 0 aromatic rings. The third-order valence-corrected chi connectivity index (χ3v) is 12.4. The van der Waals surface area contributed by atoms with Crippen LogP contribution in [0.25, 0.3) is 0 Å². The molecule has 13 atom stereocenters. The van der Waals surface area contributed by atoms with Gasteiger partial charge in [0.1, 0.15) is 11.9 Å². The van der Waals surface area contributed by atoms with Gasteiger partial charge in [-0.15, -0.1) is 0 Å². The number of allylic oxidation sites excluding steroid dienone is 6. The molecule has 2 bridgehead atoms. The SMILES string of the molecule is CCC(O)C(C)C(O)CC(O)C/C=C(\C)CC(C)C1CC(O)C(C)C=CC=CCC(C)C(=O)CC2CCC(C)C(O)(C/C=C(/C)C=C(C)C(O)CC=C(C)C(=O)O1)O2. The highest BCUT2D eigenvalue weighted by atomic mass is 16.6. The Balaban J connectivity index is 2.32. The van der Waals surface area contributed by atoms with Crippen molar-refractivity contribution in [3.05, 3.63) is 70.9 Å². The third-order valence-electron chi connectivity index (χ3n) is 12.4. The summed E-state index contributed by atoms with van der Waals surface area (Å²) in [5, 5.41) is 65.1. The number of esters is 1. The number of aliphatic hydroxyl groups excluding tert-OH is 5. The maximum Gasteiger partial charge on any atom is 0.333 e. The quantitative estimate of drug-likeness (QED) is 0.0945. The van der Waals surface area contributed by atoms with Crippen LogP contribution in [0.5, 0.6) is 0 Å². The van der Waals surface area contributed by atoms with Gasteiger partial charge in [0, 0.05) is 48.5 Å². The number of ketones is 1. The molecule has 0 aliphatic carbocycles. The molecule has 0 saturated carbocycles. The molecule has 10 heteroatoms. The summed E-state index contributed by atoms with van der Waals surface area (Å²) in [5.74, 6) is -3.01. The topological polar surface area (TPSA) is 174 Å². The first-order valence-corrected chi connectivity index (χ1v) is 21.7. The first-order chi connectivity index (χ1) is 27.2. The standard InChI is InChI=1S/C48H78O10/c1-11-41(50)38(10)45(54)27-39(49)20-17-30(2)26-36(8)46-29-44(53)33(5)16-14-12-13-15-32(4)43(52)28-40-21-19-37(9)48(56,58-40)24-23-31(3)25-35(7)42(51)22-18-34(6)47(55)57-46/h12-14,16-18,23,25,32-33,36-42,44-46,49-51,53-54,56H,11,15,19-22,24,26-29H2,1-10H3/b13-12?,16-14?,30-17+,31-23-,34-18?,35-25?. The Hall–Kier alpha value is -2.70. The third kappa shape index (κ3) is 17.5. The van der Waals surface area contributed by atoms with Crippen LogP contribution in [-0.4, -0.2) is 90.9 Å². The number of cyclic esters (lactones) is 1. The Morgan fingerprint density at radius 2 is 1.67 bits per heavy atom. The molecule has 1 saturated heterocycles. The monoisotopic (exact) mass is 815 g/mol. The zero-order valence-corrected chi connectivity index (χ0v) is 37.1. The lowest BCUT2D eigenvalue weighted by Gasteiger charge is -2.41. The van der Waals surface area contributed by atoms with Gasteiger partial charge in [0.05, 0.1) is 36.6 Å².